The summed E-state index contributed by atoms with van der Waals surface area (Å²) in [5, 5.41) is 0. The van der Waals surface area contributed by atoms with Crippen molar-refractivity contribution in [2.75, 3.05) is 6.61 Å². The lowest BCUT2D eigenvalue weighted by molar-refractivity contribution is -0.138. The van der Waals surface area contributed by atoms with Crippen LogP contribution in [0.2, 0.25) is 0 Å². The number of nitrogens with two attached hydrogens (primary N) is 2. The fourth-order valence-corrected chi connectivity index (χ4v) is 1.41. The van der Waals surface area contributed by atoms with Gasteiger partial charge in [-0.2, -0.15) is 13.2 Å². The lowest BCUT2D eigenvalue weighted by Gasteiger charge is -2.23. The maximum Gasteiger partial charge on any atom is 0.417 e. The fraction of sp³-hybridized carbons (Fsp3) is 0.462. The van der Waals surface area contributed by atoms with E-state index in [9.17, 15) is 18.0 Å². The van der Waals surface area contributed by atoms with Gasteiger partial charge >= 0.3 is 6.18 Å². The van der Waals surface area contributed by atoms with Crippen molar-refractivity contribution in [2.24, 2.45) is 11.5 Å². The molecule has 0 bridgehead atoms. The molecule has 1 amide bonds. The molecule has 1 unspecified atom stereocenters. The van der Waals surface area contributed by atoms with Crippen LogP contribution in [0.3, 0.4) is 0 Å². The van der Waals surface area contributed by atoms with Crippen LogP contribution in [0.25, 0.3) is 0 Å². The van der Waals surface area contributed by atoms with Gasteiger partial charge in [0.25, 0.3) is 0 Å². The van der Waals surface area contributed by atoms with Gasteiger partial charge in [-0.15, -0.1) is 0 Å². The first kappa shape index (κ1) is 16.3. The summed E-state index contributed by atoms with van der Waals surface area (Å²) in [6.45, 7) is 3.65. The van der Waals surface area contributed by atoms with Gasteiger partial charge in [0, 0.05) is 5.54 Å². The van der Waals surface area contributed by atoms with E-state index in [1.165, 1.54) is 6.07 Å². The molecule has 20 heavy (non-hydrogen) atoms. The molecule has 0 heterocycles. The van der Waals surface area contributed by atoms with Gasteiger partial charge in [0.2, 0.25) is 5.91 Å². The molecule has 1 aromatic rings. The van der Waals surface area contributed by atoms with Crippen molar-refractivity contribution in [3.63, 3.8) is 0 Å². The Morgan fingerprint density at radius 2 is 1.95 bits per heavy atom. The summed E-state index contributed by atoms with van der Waals surface area (Å²) < 4.78 is 43.8. The van der Waals surface area contributed by atoms with Crippen molar-refractivity contribution in [2.45, 2.75) is 32.0 Å². The quantitative estimate of drug-likeness (QED) is 0.873. The lowest BCUT2D eigenvalue weighted by atomic mass is 10.0. The third kappa shape index (κ3) is 4.12. The summed E-state index contributed by atoms with van der Waals surface area (Å²) in [7, 11) is 0. The average molecular weight is 290 g/mol. The van der Waals surface area contributed by atoms with Crippen molar-refractivity contribution in [3.05, 3.63) is 29.3 Å². The third-order valence-corrected chi connectivity index (χ3v) is 2.94. The van der Waals surface area contributed by atoms with E-state index in [-0.39, 0.29) is 12.4 Å². The van der Waals surface area contributed by atoms with Gasteiger partial charge in [0.05, 0.1) is 11.1 Å². The maximum atomic E-state index is 12.8. The number of hydrogen-bond acceptors (Lipinski definition) is 3. The zero-order valence-corrected chi connectivity index (χ0v) is 11.3. The Morgan fingerprint density at radius 3 is 2.40 bits per heavy atom. The number of primary amides is 1. The minimum Gasteiger partial charge on any atom is -0.492 e. The second-order valence-corrected chi connectivity index (χ2v) is 4.87. The van der Waals surface area contributed by atoms with E-state index in [0.29, 0.717) is 6.42 Å². The lowest BCUT2D eigenvalue weighted by Crippen LogP contribution is -2.41. The van der Waals surface area contributed by atoms with Crippen LogP contribution in [-0.4, -0.2) is 18.1 Å². The molecule has 4 nitrogen and oxygen atoms in total. The van der Waals surface area contributed by atoms with Crippen LogP contribution in [-0.2, 0) is 6.18 Å². The Morgan fingerprint density at radius 1 is 1.35 bits per heavy atom. The molecule has 4 N–H and O–H groups in total. The van der Waals surface area contributed by atoms with Gasteiger partial charge in [-0.1, -0.05) is 6.92 Å². The SMILES string of the molecule is CCC(C)(N)COc1ccc(C(N)=O)c(C(F)(F)F)c1. The molecule has 0 fully saturated rings. The number of alkyl halides is 3. The van der Waals surface area contributed by atoms with Gasteiger partial charge in [-0.3, -0.25) is 4.79 Å². The van der Waals surface area contributed by atoms with Crippen LogP contribution in [0.4, 0.5) is 13.2 Å². The Bertz CT molecular complexity index is 499. The molecular formula is C13H17F3N2O2. The Hall–Kier alpha value is -1.76. The van der Waals surface area contributed by atoms with E-state index >= 15 is 0 Å². The predicted octanol–water partition coefficient (Wildman–Crippen LogP) is 2.31. The van der Waals surface area contributed by atoms with Gasteiger partial charge in [0.1, 0.15) is 12.4 Å². The largest absolute Gasteiger partial charge is 0.492 e. The normalized spacial score (nSPS) is 14.7. The number of carbonyl (C=O) groups is 1. The molecule has 0 aliphatic carbocycles. The average Bonchev–Trinajstić information content (AvgIpc) is 2.35. The summed E-state index contributed by atoms with van der Waals surface area (Å²) in [4.78, 5) is 11.0. The molecule has 0 saturated carbocycles. The molecule has 1 rings (SSSR count). The second-order valence-electron chi connectivity index (χ2n) is 4.87. The van der Waals surface area contributed by atoms with Crippen molar-refractivity contribution in [3.8, 4) is 5.75 Å². The molecule has 1 atom stereocenters. The number of halogens is 3. The highest BCUT2D eigenvalue weighted by Crippen LogP contribution is 2.34. The smallest absolute Gasteiger partial charge is 0.417 e. The van der Waals surface area contributed by atoms with E-state index in [1.54, 1.807) is 6.92 Å². The van der Waals surface area contributed by atoms with E-state index in [0.717, 1.165) is 12.1 Å². The zero-order chi connectivity index (χ0) is 15.6. The van der Waals surface area contributed by atoms with E-state index in [2.05, 4.69) is 0 Å². The van der Waals surface area contributed by atoms with Gasteiger partial charge in [-0.05, 0) is 31.5 Å². The monoisotopic (exact) mass is 290 g/mol. The molecule has 0 spiro atoms. The Kier molecular flexibility index (Phi) is 4.65. The number of ether oxygens (including phenoxy) is 1. The minimum atomic E-state index is -4.68. The number of hydrogen-bond donors (Lipinski definition) is 2. The highest BCUT2D eigenvalue weighted by molar-refractivity contribution is 5.94. The van der Waals surface area contributed by atoms with Crippen LogP contribution in [0, 0.1) is 0 Å². The van der Waals surface area contributed by atoms with Crippen LogP contribution >= 0.6 is 0 Å². The minimum absolute atomic E-state index is 0.00699. The number of carbonyl (C=O) groups excluding carboxylic acids is 1. The molecule has 0 aromatic heterocycles. The molecule has 112 valence electrons. The summed E-state index contributed by atoms with van der Waals surface area (Å²) >= 11 is 0. The number of benzene rings is 1. The molecule has 1 aromatic carbocycles. The molecule has 0 aliphatic heterocycles. The Balaban J connectivity index is 3.05. The van der Waals surface area contributed by atoms with Gasteiger partial charge in [0.15, 0.2) is 0 Å². The van der Waals surface area contributed by atoms with E-state index < -0.39 is 28.7 Å². The maximum absolute atomic E-state index is 12.8. The van der Waals surface area contributed by atoms with Crippen LogP contribution < -0.4 is 16.2 Å². The third-order valence-electron chi connectivity index (χ3n) is 2.94. The molecule has 0 aliphatic rings. The summed E-state index contributed by atoms with van der Waals surface area (Å²) in [5.41, 5.74) is 8.43. The van der Waals surface area contributed by atoms with E-state index in [1.807, 2.05) is 6.92 Å². The van der Waals surface area contributed by atoms with Crippen molar-refractivity contribution >= 4 is 5.91 Å². The van der Waals surface area contributed by atoms with Crippen LogP contribution in [0.5, 0.6) is 5.75 Å². The zero-order valence-electron chi connectivity index (χ0n) is 11.3. The Labute approximate surface area is 114 Å². The van der Waals surface area contributed by atoms with E-state index in [4.69, 9.17) is 16.2 Å². The number of rotatable bonds is 5. The first-order valence-electron chi connectivity index (χ1n) is 5.99. The molecule has 7 heteroatoms. The van der Waals surface area contributed by atoms with Crippen LogP contribution in [0.1, 0.15) is 36.2 Å². The van der Waals surface area contributed by atoms with Crippen molar-refractivity contribution in [1.82, 2.24) is 0 Å². The number of amides is 1. The summed E-state index contributed by atoms with van der Waals surface area (Å²) in [5.74, 6) is -1.14. The van der Waals surface area contributed by atoms with Crippen molar-refractivity contribution in [1.29, 1.82) is 0 Å². The van der Waals surface area contributed by atoms with Gasteiger partial charge < -0.3 is 16.2 Å². The van der Waals surface area contributed by atoms with Crippen LogP contribution in [0.15, 0.2) is 18.2 Å². The standard InChI is InChI=1S/C13H17F3N2O2/c1-3-12(2,18)7-20-8-4-5-9(11(17)19)10(6-8)13(14,15)16/h4-6H,3,7,18H2,1-2H3,(H2,17,19). The predicted molar refractivity (Wildman–Crippen MR) is 68.3 cm³/mol. The molecule has 0 saturated heterocycles. The highest BCUT2D eigenvalue weighted by Gasteiger charge is 2.35. The fourth-order valence-electron chi connectivity index (χ4n) is 1.41. The molecule has 0 radical (unpaired) electrons. The second kappa shape index (κ2) is 5.70. The first-order chi connectivity index (χ1) is 9.07. The summed E-state index contributed by atoms with van der Waals surface area (Å²) in [6.07, 6.45) is -4.07. The summed E-state index contributed by atoms with van der Waals surface area (Å²) in [6, 6.07) is 3.02. The molecular weight excluding hydrogens is 273 g/mol. The van der Waals surface area contributed by atoms with Crippen molar-refractivity contribution < 1.29 is 22.7 Å². The first-order valence-corrected chi connectivity index (χ1v) is 5.99. The highest BCUT2D eigenvalue weighted by atomic mass is 19.4. The topological polar surface area (TPSA) is 78.3 Å². The van der Waals surface area contributed by atoms with Gasteiger partial charge in [-0.25, -0.2) is 0 Å².